The van der Waals surface area contributed by atoms with Gasteiger partial charge < -0.3 is 20.5 Å². The lowest BCUT2D eigenvalue weighted by Crippen LogP contribution is -2.31. The number of ether oxygens (including phenoxy) is 1. The molecule has 0 heterocycles. The van der Waals surface area contributed by atoms with Gasteiger partial charge in [0.25, 0.3) is 0 Å². The molecule has 5 heteroatoms. The Balaban J connectivity index is 2.40. The molecule has 1 aliphatic carbocycles. The summed E-state index contributed by atoms with van der Waals surface area (Å²) >= 11 is 0. The summed E-state index contributed by atoms with van der Waals surface area (Å²) < 4.78 is 5.22. The second-order valence-electron chi connectivity index (χ2n) is 4.44. The Morgan fingerprint density at radius 2 is 2.28 bits per heavy atom. The Kier molecular flexibility index (Phi) is 3.72. The number of rotatable bonds is 6. The van der Waals surface area contributed by atoms with Crippen LogP contribution in [0.25, 0.3) is 0 Å². The first-order valence-electron chi connectivity index (χ1n) is 6.07. The first-order valence-corrected chi connectivity index (χ1v) is 6.07. The van der Waals surface area contributed by atoms with Crippen LogP contribution in [-0.2, 0) is 0 Å². The molecule has 1 fully saturated rings. The number of hydrogen-bond acceptors (Lipinski definition) is 4. The van der Waals surface area contributed by atoms with Gasteiger partial charge in [0, 0.05) is 24.2 Å². The molecule has 0 saturated heterocycles. The van der Waals surface area contributed by atoms with Gasteiger partial charge in [-0.2, -0.15) is 0 Å². The van der Waals surface area contributed by atoms with Crippen molar-refractivity contribution in [2.24, 2.45) is 5.73 Å². The molecule has 0 bridgehead atoms. The molecular formula is C13H19N3O2. The predicted molar refractivity (Wildman–Crippen MR) is 71.5 cm³/mol. The van der Waals surface area contributed by atoms with Crippen molar-refractivity contribution in [2.45, 2.75) is 18.9 Å². The fourth-order valence-electron chi connectivity index (χ4n) is 2.10. The number of amidine groups is 1. The lowest BCUT2D eigenvalue weighted by atomic mass is 10.1. The molecule has 0 aromatic heterocycles. The summed E-state index contributed by atoms with van der Waals surface area (Å²) in [4.78, 5) is 2.11. The quantitative estimate of drug-likeness (QED) is 0.517. The topological polar surface area (TPSA) is 82.6 Å². The van der Waals surface area contributed by atoms with E-state index in [0.29, 0.717) is 18.2 Å². The van der Waals surface area contributed by atoms with E-state index in [1.165, 1.54) is 0 Å². The number of aliphatic hydroxyl groups is 1. The first kappa shape index (κ1) is 12.7. The van der Waals surface area contributed by atoms with Gasteiger partial charge in [-0.15, -0.1) is 0 Å². The Bertz CT molecular complexity index is 444. The molecule has 0 amide bonds. The molecule has 1 aromatic carbocycles. The van der Waals surface area contributed by atoms with Crippen molar-refractivity contribution in [2.75, 3.05) is 25.2 Å². The maximum Gasteiger partial charge on any atom is 0.124 e. The van der Waals surface area contributed by atoms with Gasteiger partial charge in [0.15, 0.2) is 0 Å². The van der Waals surface area contributed by atoms with Crippen molar-refractivity contribution in [3.8, 4) is 5.75 Å². The highest BCUT2D eigenvalue weighted by atomic mass is 16.5. The van der Waals surface area contributed by atoms with E-state index in [4.69, 9.17) is 15.9 Å². The van der Waals surface area contributed by atoms with E-state index in [1.807, 2.05) is 6.07 Å². The van der Waals surface area contributed by atoms with Gasteiger partial charge in [-0.3, -0.25) is 5.41 Å². The molecule has 4 N–H and O–H groups in total. The van der Waals surface area contributed by atoms with E-state index in [9.17, 15) is 5.11 Å². The van der Waals surface area contributed by atoms with E-state index in [2.05, 4.69) is 4.90 Å². The summed E-state index contributed by atoms with van der Waals surface area (Å²) in [6, 6.07) is 5.92. The second kappa shape index (κ2) is 5.27. The second-order valence-corrected chi connectivity index (χ2v) is 4.44. The van der Waals surface area contributed by atoms with Gasteiger partial charge >= 0.3 is 0 Å². The number of aliphatic hydroxyl groups excluding tert-OH is 1. The van der Waals surface area contributed by atoms with Crippen LogP contribution >= 0.6 is 0 Å². The van der Waals surface area contributed by atoms with Gasteiger partial charge in [-0.25, -0.2) is 0 Å². The van der Waals surface area contributed by atoms with E-state index in [1.54, 1.807) is 19.2 Å². The number of anilines is 1. The summed E-state index contributed by atoms with van der Waals surface area (Å²) in [5.41, 5.74) is 7.18. The highest BCUT2D eigenvalue weighted by molar-refractivity contribution is 6.00. The maximum atomic E-state index is 9.17. The lowest BCUT2D eigenvalue weighted by molar-refractivity contribution is 0.301. The molecular weight excluding hydrogens is 230 g/mol. The Morgan fingerprint density at radius 3 is 2.78 bits per heavy atom. The molecule has 0 atom stereocenters. The number of methoxy groups -OCH3 is 1. The molecule has 1 aliphatic rings. The van der Waals surface area contributed by atoms with Crippen molar-refractivity contribution in [1.29, 1.82) is 5.41 Å². The van der Waals surface area contributed by atoms with Crippen molar-refractivity contribution < 1.29 is 9.84 Å². The third kappa shape index (κ3) is 2.56. The normalized spacial score (nSPS) is 14.3. The van der Waals surface area contributed by atoms with Crippen LogP contribution < -0.4 is 15.4 Å². The largest absolute Gasteiger partial charge is 0.497 e. The molecule has 2 rings (SSSR count). The van der Waals surface area contributed by atoms with Crippen molar-refractivity contribution in [3.05, 3.63) is 23.8 Å². The molecule has 18 heavy (non-hydrogen) atoms. The fraction of sp³-hybridized carbons (Fsp3) is 0.462. The molecule has 0 aliphatic heterocycles. The highest BCUT2D eigenvalue weighted by Crippen LogP contribution is 2.35. The van der Waals surface area contributed by atoms with Crippen LogP contribution in [0.15, 0.2) is 18.2 Å². The SMILES string of the molecule is COc1ccc(C(=N)N)c(N(CCO)C2CC2)c1. The lowest BCUT2D eigenvalue weighted by Gasteiger charge is -2.26. The minimum absolute atomic E-state index is 0.0382. The van der Waals surface area contributed by atoms with Crippen LogP contribution in [-0.4, -0.2) is 37.2 Å². The van der Waals surface area contributed by atoms with Crippen LogP contribution in [0, 0.1) is 5.41 Å². The summed E-state index contributed by atoms with van der Waals surface area (Å²) in [6.45, 7) is 0.642. The number of nitrogens with one attached hydrogen (secondary N) is 1. The van der Waals surface area contributed by atoms with Gasteiger partial charge in [0.05, 0.1) is 19.4 Å². The highest BCUT2D eigenvalue weighted by Gasteiger charge is 2.30. The molecule has 0 spiro atoms. The van der Waals surface area contributed by atoms with Crippen molar-refractivity contribution in [3.63, 3.8) is 0 Å². The summed E-state index contributed by atoms with van der Waals surface area (Å²) in [7, 11) is 1.61. The average molecular weight is 249 g/mol. The summed E-state index contributed by atoms with van der Waals surface area (Å²) in [5.74, 6) is 0.773. The zero-order valence-corrected chi connectivity index (χ0v) is 10.5. The molecule has 5 nitrogen and oxygen atoms in total. The molecule has 1 aromatic rings. The van der Waals surface area contributed by atoms with E-state index in [0.717, 1.165) is 24.3 Å². The van der Waals surface area contributed by atoms with Crippen LogP contribution in [0.1, 0.15) is 18.4 Å². The third-order valence-corrected chi connectivity index (χ3v) is 3.13. The van der Waals surface area contributed by atoms with Crippen molar-refractivity contribution >= 4 is 11.5 Å². The van der Waals surface area contributed by atoms with Crippen LogP contribution in [0.2, 0.25) is 0 Å². The van der Waals surface area contributed by atoms with Gasteiger partial charge in [-0.1, -0.05) is 0 Å². The van der Waals surface area contributed by atoms with Gasteiger partial charge in [-0.05, 0) is 25.0 Å². The van der Waals surface area contributed by atoms with Crippen molar-refractivity contribution in [1.82, 2.24) is 0 Å². The Hall–Kier alpha value is -1.75. The smallest absolute Gasteiger partial charge is 0.124 e. The van der Waals surface area contributed by atoms with Gasteiger partial charge in [0.1, 0.15) is 11.6 Å². The molecule has 0 radical (unpaired) electrons. The standard InChI is InChI=1S/C13H19N3O2/c1-18-10-4-5-11(13(14)15)12(8-10)16(6-7-17)9-2-3-9/h4-5,8-9,17H,2-3,6-7H2,1H3,(H3,14,15). The Morgan fingerprint density at radius 1 is 1.56 bits per heavy atom. The maximum absolute atomic E-state index is 9.17. The minimum Gasteiger partial charge on any atom is -0.497 e. The Labute approximate surface area is 107 Å². The number of nitrogens with two attached hydrogens (primary N) is 1. The monoisotopic (exact) mass is 249 g/mol. The van der Waals surface area contributed by atoms with E-state index in [-0.39, 0.29) is 12.4 Å². The van der Waals surface area contributed by atoms with Gasteiger partial charge in [0.2, 0.25) is 0 Å². The average Bonchev–Trinajstić information content (AvgIpc) is 3.19. The minimum atomic E-state index is 0.0382. The van der Waals surface area contributed by atoms with Crippen LogP contribution in [0.3, 0.4) is 0 Å². The summed E-state index contributed by atoms with van der Waals surface area (Å²) in [6.07, 6.45) is 2.24. The number of nitrogens with zero attached hydrogens (tertiary/aromatic N) is 1. The summed E-state index contributed by atoms with van der Waals surface area (Å²) in [5, 5.41) is 16.8. The van der Waals surface area contributed by atoms with E-state index >= 15 is 0 Å². The number of hydrogen-bond donors (Lipinski definition) is 3. The van der Waals surface area contributed by atoms with Crippen LogP contribution in [0.5, 0.6) is 5.75 Å². The first-order chi connectivity index (χ1) is 8.67. The molecule has 0 unspecified atom stereocenters. The number of nitrogen functional groups attached to an aromatic ring is 1. The van der Waals surface area contributed by atoms with Crippen LogP contribution in [0.4, 0.5) is 5.69 Å². The predicted octanol–water partition coefficient (Wildman–Crippen LogP) is 0.940. The van der Waals surface area contributed by atoms with E-state index < -0.39 is 0 Å². The molecule has 98 valence electrons. The molecule has 1 saturated carbocycles. The number of benzene rings is 1. The zero-order chi connectivity index (χ0) is 13.1. The third-order valence-electron chi connectivity index (χ3n) is 3.13. The zero-order valence-electron chi connectivity index (χ0n) is 10.5. The fourth-order valence-corrected chi connectivity index (χ4v) is 2.10.